The molecule has 4 heteroatoms. The number of hydrogen-bond acceptors (Lipinski definition) is 3. The minimum absolute atomic E-state index is 0.0724. The van der Waals surface area contributed by atoms with Crippen LogP contribution in [0.15, 0.2) is 48.8 Å². The highest BCUT2D eigenvalue weighted by Crippen LogP contribution is 2.14. The van der Waals surface area contributed by atoms with E-state index in [0.29, 0.717) is 0 Å². The molecule has 1 heterocycles. The van der Waals surface area contributed by atoms with E-state index in [4.69, 9.17) is 5.11 Å². The number of rotatable bonds is 7. The third kappa shape index (κ3) is 4.68. The fourth-order valence-corrected chi connectivity index (χ4v) is 2.31. The molecule has 0 aliphatic carbocycles. The fraction of sp³-hybridized carbons (Fsp3) is 0.294. The summed E-state index contributed by atoms with van der Waals surface area (Å²) in [6.45, 7) is 4.60. The first-order valence-corrected chi connectivity index (χ1v) is 7.09. The molecule has 0 spiro atoms. The number of pyridine rings is 1. The third-order valence-electron chi connectivity index (χ3n) is 3.46. The van der Waals surface area contributed by atoms with Gasteiger partial charge in [-0.25, -0.2) is 0 Å². The number of carbonyl (C=O) groups is 1. The van der Waals surface area contributed by atoms with E-state index in [1.165, 1.54) is 5.56 Å². The van der Waals surface area contributed by atoms with E-state index < -0.39 is 5.97 Å². The van der Waals surface area contributed by atoms with E-state index in [0.717, 1.165) is 30.8 Å². The highest BCUT2D eigenvalue weighted by atomic mass is 16.4. The average molecular weight is 284 g/mol. The Bertz CT molecular complexity index is 584. The Kier molecular flexibility index (Phi) is 5.46. The van der Waals surface area contributed by atoms with Gasteiger partial charge in [0.1, 0.15) is 0 Å². The number of benzene rings is 1. The standard InChI is InChI=1S/C17H20N2O2/c1-2-19(12-14-7-9-18-10-8-14)13-16-6-4-3-5-15(16)11-17(20)21/h3-10H,2,11-13H2,1H3,(H,20,21). The second kappa shape index (κ2) is 7.55. The highest BCUT2D eigenvalue weighted by Gasteiger charge is 2.10. The first kappa shape index (κ1) is 15.2. The number of carboxylic acid groups (broad SMARTS) is 1. The van der Waals surface area contributed by atoms with Crippen molar-refractivity contribution in [3.63, 3.8) is 0 Å². The van der Waals surface area contributed by atoms with Crippen molar-refractivity contribution in [3.05, 3.63) is 65.5 Å². The van der Waals surface area contributed by atoms with E-state index in [2.05, 4.69) is 16.8 Å². The lowest BCUT2D eigenvalue weighted by Crippen LogP contribution is -2.23. The molecular weight excluding hydrogens is 264 g/mol. The molecule has 110 valence electrons. The van der Waals surface area contributed by atoms with Crippen molar-refractivity contribution in [2.75, 3.05) is 6.54 Å². The summed E-state index contributed by atoms with van der Waals surface area (Å²) in [4.78, 5) is 17.3. The van der Waals surface area contributed by atoms with Crippen LogP contribution in [0.4, 0.5) is 0 Å². The zero-order chi connectivity index (χ0) is 15.1. The molecule has 0 bridgehead atoms. The lowest BCUT2D eigenvalue weighted by molar-refractivity contribution is -0.136. The maximum atomic E-state index is 10.9. The van der Waals surface area contributed by atoms with Crippen molar-refractivity contribution in [3.8, 4) is 0 Å². The normalized spacial score (nSPS) is 10.8. The quantitative estimate of drug-likeness (QED) is 0.849. The van der Waals surface area contributed by atoms with E-state index in [1.807, 2.05) is 36.4 Å². The van der Waals surface area contributed by atoms with E-state index in [9.17, 15) is 4.79 Å². The van der Waals surface area contributed by atoms with Crippen molar-refractivity contribution in [1.29, 1.82) is 0 Å². The van der Waals surface area contributed by atoms with Crippen LogP contribution in [-0.2, 0) is 24.3 Å². The van der Waals surface area contributed by atoms with Crippen molar-refractivity contribution >= 4 is 5.97 Å². The highest BCUT2D eigenvalue weighted by molar-refractivity contribution is 5.70. The van der Waals surface area contributed by atoms with Gasteiger partial charge in [0.2, 0.25) is 0 Å². The molecule has 0 aliphatic heterocycles. The molecule has 0 saturated heterocycles. The molecule has 0 atom stereocenters. The number of aliphatic carboxylic acids is 1. The lowest BCUT2D eigenvalue weighted by Gasteiger charge is -2.22. The van der Waals surface area contributed by atoms with Gasteiger partial charge in [-0.1, -0.05) is 31.2 Å². The van der Waals surface area contributed by atoms with Crippen molar-refractivity contribution < 1.29 is 9.90 Å². The third-order valence-corrected chi connectivity index (χ3v) is 3.46. The molecule has 21 heavy (non-hydrogen) atoms. The van der Waals surface area contributed by atoms with Gasteiger partial charge in [-0.3, -0.25) is 14.7 Å². The minimum Gasteiger partial charge on any atom is -0.481 e. The van der Waals surface area contributed by atoms with Crippen LogP contribution >= 0.6 is 0 Å². The van der Waals surface area contributed by atoms with Crippen LogP contribution in [-0.4, -0.2) is 27.5 Å². The molecule has 0 fully saturated rings. The zero-order valence-electron chi connectivity index (χ0n) is 12.2. The Morgan fingerprint density at radius 3 is 2.38 bits per heavy atom. The van der Waals surface area contributed by atoms with Crippen molar-refractivity contribution in [1.82, 2.24) is 9.88 Å². The van der Waals surface area contributed by atoms with Crippen LogP contribution in [0.3, 0.4) is 0 Å². The van der Waals surface area contributed by atoms with Crippen LogP contribution in [0, 0.1) is 0 Å². The number of hydrogen-bond donors (Lipinski definition) is 1. The molecule has 4 nitrogen and oxygen atoms in total. The van der Waals surface area contributed by atoms with Gasteiger partial charge in [0.25, 0.3) is 0 Å². The van der Waals surface area contributed by atoms with Gasteiger partial charge in [0, 0.05) is 25.5 Å². The van der Waals surface area contributed by atoms with Gasteiger partial charge in [-0.05, 0) is 35.4 Å². The van der Waals surface area contributed by atoms with Gasteiger partial charge in [-0.15, -0.1) is 0 Å². The first-order chi connectivity index (χ1) is 10.2. The molecule has 1 N–H and O–H groups in total. The number of nitrogens with zero attached hydrogens (tertiary/aromatic N) is 2. The van der Waals surface area contributed by atoms with Crippen molar-refractivity contribution in [2.24, 2.45) is 0 Å². The Morgan fingerprint density at radius 2 is 1.76 bits per heavy atom. The van der Waals surface area contributed by atoms with Crippen LogP contribution in [0.1, 0.15) is 23.6 Å². The number of aromatic nitrogens is 1. The summed E-state index contributed by atoms with van der Waals surface area (Å²) in [7, 11) is 0. The van der Waals surface area contributed by atoms with Gasteiger partial charge in [0.15, 0.2) is 0 Å². The molecule has 0 saturated carbocycles. The summed E-state index contributed by atoms with van der Waals surface area (Å²) in [5.74, 6) is -0.792. The molecule has 0 aliphatic rings. The molecule has 0 radical (unpaired) electrons. The van der Waals surface area contributed by atoms with E-state index >= 15 is 0 Å². The minimum atomic E-state index is -0.792. The maximum absolute atomic E-state index is 10.9. The Hall–Kier alpha value is -2.20. The van der Waals surface area contributed by atoms with E-state index in [-0.39, 0.29) is 6.42 Å². The van der Waals surface area contributed by atoms with Crippen LogP contribution in [0.5, 0.6) is 0 Å². The lowest BCUT2D eigenvalue weighted by atomic mass is 10.0. The monoisotopic (exact) mass is 284 g/mol. The summed E-state index contributed by atoms with van der Waals surface area (Å²) in [6, 6.07) is 11.8. The summed E-state index contributed by atoms with van der Waals surface area (Å²) in [5.41, 5.74) is 3.18. The SMILES string of the molecule is CCN(Cc1ccncc1)Cc1ccccc1CC(=O)O. The summed E-state index contributed by atoms with van der Waals surface area (Å²) in [6.07, 6.45) is 3.66. The van der Waals surface area contributed by atoms with Crippen molar-refractivity contribution in [2.45, 2.75) is 26.4 Å². The van der Waals surface area contributed by atoms with E-state index in [1.54, 1.807) is 12.4 Å². The second-order valence-electron chi connectivity index (χ2n) is 5.00. The molecule has 0 amide bonds. The average Bonchev–Trinajstić information content (AvgIpc) is 2.49. The smallest absolute Gasteiger partial charge is 0.307 e. The Morgan fingerprint density at radius 1 is 1.10 bits per heavy atom. The molecule has 1 aromatic heterocycles. The molecular formula is C17H20N2O2. The first-order valence-electron chi connectivity index (χ1n) is 7.09. The Labute approximate surface area is 125 Å². The topological polar surface area (TPSA) is 53.4 Å². The van der Waals surface area contributed by atoms with Crippen LogP contribution in [0.25, 0.3) is 0 Å². The van der Waals surface area contributed by atoms with Gasteiger partial charge in [-0.2, -0.15) is 0 Å². The van der Waals surface area contributed by atoms with Gasteiger partial charge in [0.05, 0.1) is 6.42 Å². The maximum Gasteiger partial charge on any atom is 0.307 e. The van der Waals surface area contributed by atoms with Gasteiger partial charge < -0.3 is 5.11 Å². The molecule has 2 rings (SSSR count). The summed E-state index contributed by atoms with van der Waals surface area (Å²) in [5, 5.41) is 9.00. The van der Waals surface area contributed by atoms with Crippen LogP contribution in [0.2, 0.25) is 0 Å². The predicted octanol–water partition coefficient (Wildman–Crippen LogP) is 2.73. The second-order valence-corrected chi connectivity index (χ2v) is 5.00. The van der Waals surface area contributed by atoms with Crippen LogP contribution < -0.4 is 0 Å². The zero-order valence-corrected chi connectivity index (χ0v) is 12.2. The molecule has 2 aromatic rings. The largest absolute Gasteiger partial charge is 0.481 e. The number of carboxylic acids is 1. The Balaban J connectivity index is 2.09. The molecule has 1 aromatic carbocycles. The predicted molar refractivity (Wildman–Crippen MR) is 81.8 cm³/mol. The fourth-order valence-electron chi connectivity index (χ4n) is 2.31. The van der Waals surface area contributed by atoms with Gasteiger partial charge >= 0.3 is 5.97 Å². The summed E-state index contributed by atoms with van der Waals surface area (Å²) >= 11 is 0. The molecule has 0 unspecified atom stereocenters. The summed E-state index contributed by atoms with van der Waals surface area (Å²) < 4.78 is 0.